The van der Waals surface area contributed by atoms with Crippen LogP contribution in [-0.4, -0.2) is 39.8 Å². The smallest absolute Gasteiger partial charge is 0.323 e. The van der Waals surface area contributed by atoms with Gasteiger partial charge in [0.25, 0.3) is 0 Å². The lowest BCUT2D eigenvalue weighted by Crippen LogP contribution is -2.43. The minimum atomic E-state index is -1.01. The van der Waals surface area contributed by atoms with Crippen LogP contribution in [0.5, 0.6) is 0 Å². The second-order valence-electron chi connectivity index (χ2n) is 3.90. The predicted octanol–water partition coefficient (Wildman–Crippen LogP) is 0.433. The molecule has 92 valence electrons. The van der Waals surface area contributed by atoms with E-state index in [9.17, 15) is 9.59 Å². The summed E-state index contributed by atoms with van der Waals surface area (Å²) < 4.78 is 4.62. The molecule has 0 saturated heterocycles. The van der Waals surface area contributed by atoms with Gasteiger partial charge < -0.3 is 19.8 Å². The van der Waals surface area contributed by atoms with Crippen molar-refractivity contribution in [1.29, 1.82) is 0 Å². The van der Waals surface area contributed by atoms with E-state index in [0.717, 1.165) is 12.8 Å². The van der Waals surface area contributed by atoms with Crippen LogP contribution in [0.1, 0.15) is 18.5 Å². The van der Waals surface area contributed by atoms with E-state index in [1.54, 1.807) is 6.07 Å². The number of urea groups is 1. The summed E-state index contributed by atoms with van der Waals surface area (Å²) >= 11 is 0. The molecule has 0 aliphatic heterocycles. The van der Waals surface area contributed by atoms with Gasteiger partial charge in [-0.25, -0.2) is 4.79 Å². The third kappa shape index (κ3) is 3.20. The van der Waals surface area contributed by atoms with Crippen molar-refractivity contribution in [2.75, 3.05) is 6.54 Å². The van der Waals surface area contributed by atoms with Crippen LogP contribution in [0.15, 0.2) is 16.9 Å². The molecule has 2 amide bonds. The number of nitrogens with zero attached hydrogens (tertiary/aromatic N) is 2. The largest absolute Gasteiger partial charge is 0.480 e. The maximum absolute atomic E-state index is 11.7. The van der Waals surface area contributed by atoms with Crippen molar-refractivity contribution in [3.05, 3.63) is 18.0 Å². The van der Waals surface area contributed by atoms with Crippen LogP contribution in [-0.2, 0) is 11.3 Å². The van der Waals surface area contributed by atoms with Crippen molar-refractivity contribution in [2.45, 2.75) is 25.4 Å². The molecule has 2 N–H and O–H groups in total. The zero-order valence-electron chi connectivity index (χ0n) is 9.13. The molecular weight excluding hydrogens is 226 g/mol. The Kier molecular flexibility index (Phi) is 3.27. The van der Waals surface area contributed by atoms with E-state index < -0.39 is 5.97 Å². The van der Waals surface area contributed by atoms with Crippen LogP contribution in [0.3, 0.4) is 0 Å². The molecule has 0 spiro atoms. The number of aromatic nitrogens is 1. The maximum atomic E-state index is 11.7. The lowest BCUT2D eigenvalue weighted by Gasteiger charge is -2.20. The van der Waals surface area contributed by atoms with Crippen molar-refractivity contribution >= 4 is 12.0 Å². The fourth-order valence-corrected chi connectivity index (χ4v) is 1.50. The number of amides is 2. The molecule has 0 aromatic carbocycles. The lowest BCUT2D eigenvalue weighted by molar-refractivity contribution is -0.137. The first-order valence-electron chi connectivity index (χ1n) is 5.32. The topological polar surface area (TPSA) is 95.7 Å². The van der Waals surface area contributed by atoms with Gasteiger partial charge in [-0.1, -0.05) is 5.16 Å². The summed E-state index contributed by atoms with van der Waals surface area (Å²) in [6.45, 7) is -0.0342. The Hall–Kier alpha value is -2.05. The molecule has 1 saturated carbocycles. The summed E-state index contributed by atoms with van der Waals surface area (Å²) in [6, 6.07) is 1.32. The molecule has 0 radical (unpaired) electrons. The summed E-state index contributed by atoms with van der Waals surface area (Å²) in [6.07, 6.45) is 3.15. The molecule has 1 fully saturated rings. The quantitative estimate of drug-likeness (QED) is 0.777. The van der Waals surface area contributed by atoms with Crippen LogP contribution in [0.4, 0.5) is 4.79 Å². The van der Waals surface area contributed by atoms with Crippen molar-refractivity contribution in [3.63, 3.8) is 0 Å². The normalized spacial score (nSPS) is 14.4. The molecule has 1 aliphatic rings. The molecule has 7 heteroatoms. The van der Waals surface area contributed by atoms with Crippen LogP contribution >= 0.6 is 0 Å². The molecule has 17 heavy (non-hydrogen) atoms. The van der Waals surface area contributed by atoms with Crippen molar-refractivity contribution in [2.24, 2.45) is 0 Å². The van der Waals surface area contributed by atoms with Crippen molar-refractivity contribution in [1.82, 2.24) is 15.4 Å². The number of aliphatic carboxylic acids is 1. The van der Waals surface area contributed by atoms with E-state index in [1.807, 2.05) is 0 Å². The first-order valence-corrected chi connectivity index (χ1v) is 5.32. The standard InChI is InChI=1S/C10H13N3O4/c14-9(15)6-13(8-1-2-8)10(16)11-5-7-3-4-17-12-7/h3-4,8H,1-2,5-6H2,(H,11,16)(H,14,15). The summed E-state index contributed by atoms with van der Waals surface area (Å²) in [5, 5.41) is 15.0. The van der Waals surface area contributed by atoms with Gasteiger partial charge >= 0.3 is 12.0 Å². The summed E-state index contributed by atoms with van der Waals surface area (Å²) in [5.41, 5.74) is 0.601. The Morgan fingerprint density at radius 2 is 2.35 bits per heavy atom. The Morgan fingerprint density at radius 1 is 1.59 bits per heavy atom. The van der Waals surface area contributed by atoms with Gasteiger partial charge in [0.2, 0.25) is 0 Å². The number of carbonyl (C=O) groups is 2. The molecule has 0 atom stereocenters. The highest BCUT2D eigenvalue weighted by Gasteiger charge is 2.33. The molecule has 1 aromatic rings. The number of carbonyl (C=O) groups excluding carboxylic acids is 1. The highest BCUT2D eigenvalue weighted by atomic mass is 16.5. The number of carboxylic acid groups (broad SMARTS) is 1. The SMILES string of the molecule is O=C(O)CN(C(=O)NCc1ccon1)C1CC1. The third-order valence-corrected chi connectivity index (χ3v) is 2.47. The monoisotopic (exact) mass is 239 g/mol. The molecule has 0 bridgehead atoms. The predicted molar refractivity (Wildman–Crippen MR) is 56.1 cm³/mol. The molecule has 2 rings (SSSR count). The van der Waals surface area contributed by atoms with Gasteiger partial charge in [-0.2, -0.15) is 0 Å². The second-order valence-corrected chi connectivity index (χ2v) is 3.90. The molecular formula is C10H13N3O4. The van der Waals surface area contributed by atoms with Gasteiger partial charge in [-0.15, -0.1) is 0 Å². The average Bonchev–Trinajstić information content (AvgIpc) is 2.99. The van der Waals surface area contributed by atoms with E-state index in [4.69, 9.17) is 5.11 Å². The first-order chi connectivity index (χ1) is 8.16. The van der Waals surface area contributed by atoms with E-state index in [1.165, 1.54) is 11.2 Å². The number of rotatable bonds is 5. The fourth-order valence-electron chi connectivity index (χ4n) is 1.50. The van der Waals surface area contributed by atoms with E-state index in [2.05, 4.69) is 15.0 Å². The van der Waals surface area contributed by atoms with Gasteiger partial charge in [-0.3, -0.25) is 4.79 Å². The Labute approximate surface area is 97.4 Å². The van der Waals surface area contributed by atoms with E-state index in [0.29, 0.717) is 5.69 Å². The Bertz CT molecular complexity index is 400. The summed E-state index contributed by atoms with van der Waals surface area (Å²) in [4.78, 5) is 23.7. The molecule has 1 heterocycles. The van der Waals surface area contributed by atoms with Crippen LogP contribution < -0.4 is 5.32 Å². The van der Waals surface area contributed by atoms with Gasteiger partial charge in [0.1, 0.15) is 18.5 Å². The number of hydrogen-bond acceptors (Lipinski definition) is 4. The summed E-state index contributed by atoms with van der Waals surface area (Å²) in [7, 11) is 0. The number of nitrogens with one attached hydrogen (secondary N) is 1. The minimum Gasteiger partial charge on any atom is -0.480 e. The Balaban J connectivity index is 1.85. The van der Waals surface area contributed by atoms with E-state index in [-0.39, 0.29) is 25.2 Å². The fraction of sp³-hybridized carbons (Fsp3) is 0.500. The lowest BCUT2D eigenvalue weighted by atomic mass is 10.4. The van der Waals surface area contributed by atoms with Gasteiger partial charge in [0.15, 0.2) is 0 Å². The zero-order valence-corrected chi connectivity index (χ0v) is 9.13. The zero-order chi connectivity index (χ0) is 12.3. The number of hydrogen-bond donors (Lipinski definition) is 2. The van der Waals surface area contributed by atoms with Crippen LogP contribution in [0.25, 0.3) is 0 Å². The number of carboxylic acids is 1. The molecule has 0 unspecified atom stereocenters. The minimum absolute atomic E-state index is 0.0587. The highest BCUT2D eigenvalue weighted by Crippen LogP contribution is 2.26. The van der Waals surface area contributed by atoms with Crippen LogP contribution in [0.2, 0.25) is 0 Å². The molecule has 1 aliphatic carbocycles. The van der Waals surface area contributed by atoms with E-state index >= 15 is 0 Å². The Morgan fingerprint density at radius 3 is 2.88 bits per heavy atom. The van der Waals surface area contributed by atoms with Gasteiger partial charge in [0, 0.05) is 12.1 Å². The average molecular weight is 239 g/mol. The first kappa shape index (κ1) is 11.4. The van der Waals surface area contributed by atoms with Crippen molar-refractivity contribution < 1.29 is 19.2 Å². The molecule has 1 aromatic heterocycles. The van der Waals surface area contributed by atoms with Gasteiger partial charge in [-0.05, 0) is 12.8 Å². The molecule has 7 nitrogen and oxygen atoms in total. The summed E-state index contributed by atoms with van der Waals surface area (Å²) in [5.74, 6) is -1.01. The maximum Gasteiger partial charge on any atom is 0.323 e. The van der Waals surface area contributed by atoms with Crippen LogP contribution in [0, 0.1) is 0 Å². The third-order valence-electron chi connectivity index (χ3n) is 2.47. The van der Waals surface area contributed by atoms with Crippen molar-refractivity contribution in [3.8, 4) is 0 Å². The highest BCUT2D eigenvalue weighted by molar-refractivity contribution is 5.80. The van der Waals surface area contributed by atoms with Gasteiger partial charge in [0.05, 0.1) is 6.54 Å². The second kappa shape index (κ2) is 4.86.